The molecule has 0 bridgehead atoms. The van der Waals surface area contributed by atoms with Crippen molar-refractivity contribution in [3.63, 3.8) is 0 Å². The second-order valence-corrected chi connectivity index (χ2v) is 7.49. The van der Waals surface area contributed by atoms with Gasteiger partial charge < -0.3 is 9.64 Å². The highest BCUT2D eigenvalue weighted by molar-refractivity contribution is 9.10. The zero-order valence-corrected chi connectivity index (χ0v) is 18.0. The van der Waals surface area contributed by atoms with E-state index >= 15 is 0 Å². The van der Waals surface area contributed by atoms with E-state index < -0.39 is 17.2 Å². The van der Waals surface area contributed by atoms with E-state index in [1.165, 1.54) is 15.5 Å². The highest BCUT2D eigenvalue weighted by Crippen LogP contribution is 2.22. The maximum absolute atomic E-state index is 13.8. The van der Waals surface area contributed by atoms with Crippen molar-refractivity contribution < 1.29 is 18.3 Å². The molecule has 0 unspecified atom stereocenters. The fourth-order valence-corrected chi connectivity index (χ4v) is 3.18. The number of carbonyl (C=O) groups excluding carboxylic acids is 1. The maximum Gasteiger partial charge on any atom is 0.276 e. The molecule has 30 heavy (non-hydrogen) atoms. The first kappa shape index (κ1) is 21.6. The Morgan fingerprint density at radius 1 is 1.20 bits per heavy atom. The van der Waals surface area contributed by atoms with Crippen LogP contribution in [0.25, 0.3) is 5.69 Å². The second kappa shape index (κ2) is 8.74. The van der Waals surface area contributed by atoms with Crippen molar-refractivity contribution in [2.75, 3.05) is 14.1 Å². The average molecular weight is 478 g/mol. The molecule has 0 aliphatic heterocycles. The molecule has 0 fully saturated rings. The number of hydrogen-bond acceptors (Lipinski definition) is 4. The third-order valence-corrected chi connectivity index (χ3v) is 4.98. The monoisotopic (exact) mass is 477 g/mol. The number of halogens is 3. The van der Waals surface area contributed by atoms with Crippen LogP contribution in [-0.4, -0.2) is 34.5 Å². The molecule has 1 heterocycles. The fourth-order valence-electron chi connectivity index (χ4n) is 2.80. The molecule has 156 valence electrons. The average Bonchev–Trinajstić information content (AvgIpc) is 2.70. The number of aryl methyl sites for hydroxylation is 1. The smallest absolute Gasteiger partial charge is 0.276 e. The summed E-state index contributed by atoms with van der Waals surface area (Å²) in [5, 5.41) is 0. The summed E-state index contributed by atoms with van der Waals surface area (Å²) >= 11 is 3.19. The molecule has 3 rings (SSSR count). The van der Waals surface area contributed by atoms with Gasteiger partial charge in [0, 0.05) is 31.3 Å². The predicted molar refractivity (Wildman–Crippen MR) is 111 cm³/mol. The summed E-state index contributed by atoms with van der Waals surface area (Å²) in [4.78, 5) is 30.9. The Bertz CT molecular complexity index is 1180. The number of aromatic nitrogens is 2. The minimum absolute atomic E-state index is 0.0157. The van der Waals surface area contributed by atoms with Crippen LogP contribution in [0.5, 0.6) is 5.88 Å². The van der Waals surface area contributed by atoms with Gasteiger partial charge in [-0.15, -0.1) is 0 Å². The lowest BCUT2D eigenvalue weighted by Gasteiger charge is -2.15. The lowest BCUT2D eigenvalue weighted by atomic mass is 10.1. The van der Waals surface area contributed by atoms with Crippen LogP contribution in [0.4, 0.5) is 8.78 Å². The van der Waals surface area contributed by atoms with Gasteiger partial charge in [-0.3, -0.25) is 14.2 Å². The summed E-state index contributed by atoms with van der Waals surface area (Å²) in [5.74, 6) is -1.34. The van der Waals surface area contributed by atoms with Crippen LogP contribution in [0.3, 0.4) is 0 Å². The third-order valence-electron chi connectivity index (χ3n) is 4.30. The second-order valence-electron chi connectivity index (χ2n) is 6.69. The minimum Gasteiger partial charge on any atom is -0.472 e. The highest BCUT2D eigenvalue weighted by atomic mass is 79.9. The van der Waals surface area contributed by atoms with Gasteiger partial charge in [0.25, 0.3) is 11.5 Å². The Labute approximate surface area is 179 Å². The summed E-state index contributed by atoms with van der Waals surface area (Å²) in [7, 11) is 3.28. The lowest BCUT2D eigenvalue weighted by Crippen LogP contribution is -2.25. The number of ether oxygens (including phenoxy) is 1. The van der Waals surface area contributed by atoms with Gasteiger partial charge in [0.05, 0.1) is 5.69 Å². The molecule has 1 amide bonds. The molecule has 0 N–H and O–H groups in total. The molecule has 0 saturated carbocycles. The molecule has 6 nitrogen and oxygen atoms in total. The van der Waals surface area contributed by atoms with E-state index in [1.807, 2.05) is 0 Å². The molecule has 9 heteroatoms. The number of nitrogens with zero attached hydrogens (tertiary/aromatic N) is 3. The first-order valence-corrected chi connectivity index (χ1v) is 9.66. The summed E-state index contributed by atoms with van der Waals surface area (Å²) in [5.41, 5.74) is 0.565. The zero-order chi connectivity index (χ0) is 22.0. The molecular weight excluding hydrogens is 460 g/mol. The molecule has 0 aliphatic carbocycles. The van der Waals surface area contributed by atoms with E-state index in [-0.39, 0.29) is 28.4 Å². The van der Waals surface area contributed by atoms with Gasteiger partial charge in [-0.05, 0) is 53.2 Å². The minimum atomic E-state index is -0.751. The molecule has 0 radical (unpaired) electrons. The van der Waals surface area contributed by atoms with E-state index in [9.17, 15) is 18.4 Å². The molecule has 0 atom stereocenters. The van der Waals surface area contributed by atoms with E-state index in [1.54, 1.807) is 45.3 Å². The molecule has 0 saturated heterocycles. The standard InChI is InChI=1S/C21H18BrF2N3O3/c1-12-25-19(30-11-14-7-8-15(23)10-17(14)24)18(22)21(29)27(12)16-6-4-5-13(9-16)20(28)26(2)3/h4-10H,11H2,1-3H3. The Hall–Kier alpha value is -3.07. The Kier molecular flexibility index (Phi) is 6.31. The van der Waals surface area contributed by atoms with E-state index in [0.29, 0.717) is 17.1 Å². The fraction of sp³-hybridized carbons (Fsp3) is 0.190. The number of amides is 1. The van der Waals surface area contributed by atoms with Gasteiger partial charge >= 0.3 is 0 Å². The largest absolute Gasteiger partial charge is 0.472 e. The summed E-state index contributed by atoms with van der Waals surface area (Å²) in [6.45, 7) is 1.38. The SMILES string of the molecule is Cc1nc(OCc2ccc(F)cc2F)c(Br)c(=O)n1-c1cccc(C(=O)N(C)C)c1. The van der Waals surface area contributed by atoms with Gasteiger partial charge in [-0.1, -0.05) is 6.07 Å². The van der Waals surface area contributed by atoms with Gasteiger partial charge in [-0.2, -0.15) is 4.98 Å². The highest BCUT2D eigenvalue weighted by Gasteiger charge is 2.17. The predicted octanol–water partition coefficient (Wildman–Crippen LogP) is 3.86. The molecule has 2 aromatic carbocycles. The number of carbonyl (C=O) groups is 1. The number of hydrogen-bond donors (Lipinski definition) is 0. The van der Waals surface area contributed by atoms with Gasteiger partial charge in [0.15, 0.2) is 0 Å². The Balaban J connectivity index is 1.95. The summed E-state index contributed by atoms with van der Waals surface area (Å²) < 4.78 is 33.7. The normalized spacial score (nSPS) is 10.7. The quantitative estimate of drug-likeness (QED) is 0.559. The molecule has 3 aromatic rings. The lowest BCUT2D eigenvalue weighted by molar-refractivity contribution is 0.0827. The van der Waals surface area contributed by atoms with Crippen molar-refractivity contribution >= 4 is 21.8 Å². The van der Waals surface area contributed by atoms with Crippen LogP contribution in [0.15, 0.2) is 51.7 Å². The van der Waals surface area contributed by atoms with Crippen molar-refractivity contribution in [3.8, 4) is 11.6 Å². The van der Waals surface area contributed by atoms with Crippen LogP contribution >= 0.6 is 15.9 Å². The zero-order valence-electron chi connectivity index (χ0n) is 16.4. The maximum atomic E-state index is 13.8. The van der Waals surface area contributed by atoms with E-state index in [4.69, 9.17) is 4.74 Å². The van der Waals surface area contributed by atoms with E-state index in [2.05, 4.69) is 20.9 Å². The third kappa shape index (κ3) is 4.40. The molecule has 0 spiro atoms. The van der Waals surface area contributed by atoms with Crippen molar-refractivity contribution in [2.24, 2.45) is 0 Å². The van der Waals surface area contributed by atoms with Gasteiger partial charge in [-0.25, -0.2) is 8.78 Å². The van der Waals surface area contributed by atoms with Gasteiger partial charge in [0.1, 0.15) is 28.5 Å². The van der Waals surface area contributed by atoms with E-state index in [0.717, 1.165) is 12.1 Å². The molecule has 1 aromatic heterocycles. The van der Waals surface area contributed by atoms with Crippen LogP contribution < -0.4 is 10.3 Å². The van der Waals surface area contributed by atoms with Crippen molar-refractivity contribution in [2.45, 2.75) is 13.5 Å². The van der Waals surface area contributed by atoms with Crippen LogP contribution in [0, 0.1) is 18.6 Å². The van der Waals surface area contributed by atoms with Crippen LogP contribution in [-0.2, 0) is 6.61 Å². The van der Waals surface area contributed by atoms with Crippen molar-refractivity contribution in [3.05, 3.63) is 85.9 Å². The molecular formula is C21H18BrF2N3O3. The van der Waals surface area contributed by atoms with Crippen LogP contribution in [0.2, 0.25) is 0 Å². The summed E-state index contributed by atoms with van der Waals surface area (Å²) in [6, 6.07) is 9.75. The first-order valence-electron chi connectivity index (χ1n) is 8.87. The Morgan fingerprint density at radius 3 is 2.60 bits per heavy atom. The molecule has 0 aliphatic rings. The summed E-state index contributed by atoms with van der Waals surface area (Å²) in [6.07, 6.45) is 0. The van der Waals surface area contributed by atoms with Crippen LogP contribution in [0.1, 0.15) is 21.7 Å². The number of rotatable bonds is 5. The first-order chi connectivity index (χ1) is 14.2. The van der Waals surface area contributed by atoms with Gasteiger partial charge in [0.2, 0.25) is 5.88 Å². The topological polar surface area (TPSA) is 64.4 Å². The Morgan fingerprint density at radius 2 is 1.93 bits per heavy atom. The van der Waals surface area contributed by atoms with Crippen molar-refractivity contribution in [1.29, 1.82) is 0 Å². The van der Waals surface area contributed by atoms with Crippen molar-refractivity contribution in [1.82, 2.24) is 14.5 Å². The number of benzene rings is 2.